The first-order valence-corrected chi connectivity index (χ1v) is 5.83. The molecule has 0 aliphatic carbocycles. The topological polar surface area (TPSA) is 43.1 Å². The highest BCUT2D eigenvalue weighted by atomic mass is 79.9. The summed E-state index contributed by atoms with van der Waals surface area (Å²) in [6.07, 6.45) is -2.59. The van der Waals surface area contributed by atoms with Crippen molar-refractivity contribution in [3.05, 3.63) is 22.7 Å². The third kappa shape index (κ3) is 3.02. The molecule has 1 unspecified atom stereocenters. The minimum absolute atomic E-state index is 0.250. The quantitative estimate of drug-likeness (QED) is 0.866. The molecule has 1 aromatic carbocycles. The van der Waals surface area contributed by atoms with Crippen molar-refractivity contribution in [2.45, 2.75) is 11.3 Å². The van der Waals surface area contributed by atoms with Crippen LogP contribution in [-0.2, 0) is 10.8 Å². The molecular weight excluding hydrogens is 276 g/mol. The molecule has 0 bridgehead atoms. The lowest BCUT2D eigenvalue weighted by atomic mass is 10.3. The maximum Gasteiger partial charge on any atom is 0.250 e. The summed E-state index contributed by atoms with van der Waals surface area (Å²) in [5, 5.41) is 0. The number of nitrogens with two attached hydrogens (primary N) is 1. The predicted octanol–water partition coefficient (Wildman–Crippen LogP) is 2.40. The van der Waals surface area contributed by atoms with Gasteiger partial charge in [0.2, 0.25) is 6.43 Å². The summed E-state index contributed by atoms with van der Waals surface area (Å²) in [5.74, 6) is -0.680. The van der Waals surface area contributed by atoms with Gasteiger partial charge in [-0.2, -0.15) is 0 Å². The Labute approximate surface area is 91.1 Å². The van der Waals surface area contributed by atoms with E-state index in [0.29, 0.717) is 4.47 Å². The number of hydrogen-bond donors (Lipinski definition) is 1. The van der Waals surface area contributed by atoms with Crippen LogP contribution in [0.15, 0.2) is 27.6 Å². The number of alkyl halides is 2. The molecule has 0 aliphatic rings. The summed E-state index contributed by atoms with van der Waals surface area (Å²) in [6, 6.07) is 4.69. The molecule has 2 N–H and O–H groups in total. The van der Waals surface area contributed by atoms with E-state index >= 15 is 0 Å². The van der Waals surface area contributed by atoms with Crippen molar-refractivity contribution in [3.8, 4) is 0 Å². The van der Waals surface area contributed by atoms with E-state index in [0.717, 1.165) is 0 Å². The van der Waals surface area contributed by atoms with E-state index in [4.69, 9.17) is 5.73 Å². The van der Waals surface area contributed by atoms with Crippen molar-refractivity contribution in [2.24, 2.45) is 0 Å². The minimum atomic E-state index is -2.59. The second-order valence-electron chi connectivity index (χ2n) is 2.59. The van der Waals surface area contributed by atoms with Crippen LogP contribution >= 0.6 is 15.9 Å². The van der Waals surface area contributed by atoms with E-state index in [9.17, 15) is 13.0 Å². The molecule has 6 heteroatoms. The van der Waals surface area contributed by atoms with Gasteiger partial charge in [0.1, 0.15) is 0 Å². The summed E-state index contributed by atoms with van der Waals surface area (Å²) in [4.78, 5) is 0.250. The van der Waals surface area contributed by atoms with Gasteiger partial charge in [0.25, 0.3) is 0 Å². The highest BCUT2D eigenvalue weighted by Gasteiger charge is 2.14. The SMILES string of the molecule is Nc1ccc(Br)cc1S(=O)CC(F)F. The van der Waals surface area contributed by atoms with Crippen molar-refractivity contribution in [3.63, 3.8) is 0 Å². The minimum Gasteiger partial charge on any atom is -0.398 e. The normalized spacial score (nSPS) is 13.1. The molecule has 0 radical (unpaired) electrons. The number of benzene rings is 1. The van der Waals surface area contributed by atoms with Crippen LogP contribution in [-0.4, -0.2) is 16.4 Å². The first-order chi connectivity index (χ1) is 6.50. The number of rotatable bonds is 3. The molecule has 0 amide bonds. The lowest BCUT2D eigenvalue weighted by Gasteiger charge is -2.05. The lowest BCUT2D eigenvalue weighted by Crippen LogP contribution is -2.08. The van der Waals surface area contributed by atoms with Crippen molar-refractivity contribution < 1.29 is 13.0 Å². The summed E-state index contributed by atoms with van der Waals surface area (Å²) in [5.41, 5.74) is 5.78. The van der Waals surface area contributed by atoms with Crippen molar-refractivity contribution in [1.29, 1.82) is 0 Å². The standard InChI is InChI=1S/C8H8BrF2NOS/c9-5-1-2-6(12)7(3-5)14(13)4-8(10)11/h1-3,8H,4,12H2. The van der Waals surface area contributed by atoms with Crippen molar-refractivity contribution in [1.82, 2.24) is 0 Å². The van der Waals surface area contributed by atoms with Crippen LogP contribution in [0.5, 0.6) is 0 Å². The first-order valence-electron chi connectivity index (χ1n) is 3.72. The Bertz CT molecular complexity index is 359. The van der Waals surface area contributed by atoms with Crippen LogP contribution in [0.3, 0.4) is 0 Å². The van der Waals surface area contributed by atoms with Gasteiger partial charge in [-0.3, -0.25) is 4.21 Å². The zero-order valence-electron chi connectivity index (χ0n) is 7.04. The molecule has 1 rings (SSSR count). The predicted molar refractivity (Wildman–Crippen MR) is 55.8 cm³/mol. The average Bonchev–Trinajstić information content (AvgIpc) is 2.08. The fourth-order valence-electron chi connectivity index (χ4n) is 0.910. The van der Waals surface area contributed by atoms with Crippen LogP contribution in [0.25, 0.3) is 0 Å². The van der Waals surface area contributed by atoms with Crippen molar-refractivity contribution >= 4 is 32.4 Å². The van der Waals surface area contributed by atoms with Crippen LogP contribution in [0.4, 0.5) is 14.5 Å². The van der Waals surface area contributed by atoms with E-state index in [1.54, 1.807) is 6.07 Å². The van der Waals surface area contributed by atoms with E-state index in [-0.39, 0.29) is 10.6 Å². The molecule has 0 aliphatic heterocycles. The molecule has 0 aromatic heterocycles. The summed E-state index contributed by atoms with van der Waals surface area (Å²) in [6.45, 7) is 0. The molecular formula is C8H8BrF2NOS. The number of nitrogen functional groups attached to an aromatic ring is 1. The molecule has 78 valence electrons. The maximum atomic E-state index is 12.0. The van der Waals surface area contributed by atoms with Gasteiger partial charge >= 0.3 is 0 Å². The molecule has 0 fully saturated rings. The van der Waals surface area contributed by atoms with Gasteiger partial charge in [-0.15, -0.1) is 0 Å². The maximum absolute atomic E-state index is 12.0. The largest absolute Gasteiger partial charge is 0.398 e. The van der Waals surface area contributed by atoms with Crippen LogP contribution in [0, 0.1) is 0 Å². The van der Waals surface area contributed by atoms with Gasteiger partial charge in [-0.25, -0.2) is 8.78 Å². The van der Waals surface area contributed by atoms with Crippen molar-refractivity contribution in [2.75, 3.05) is 11.5 Å². The fraction of sp³-hybridized carbons (Fsp3) is 0.250. The van der Waals surface area contributed by atoms with Gasteiger partial charge in [0.05, 0.1) is 21.4 Å². The Kier molecular flexibility index (Phi) is 4.00. The molecule has 0 saturated heterocycles. The monoisotopic (exact) mass is 283 g/mol. The summed E-state index contributed by atoms with van der Waals surface area (Å²) in [7, 11) is -1.74. The Morgan fingerprint density at radius 2 is 2.14 bits per heavy atom. The molecule has 14 heavy (non-hydrogen) atoms. The fourth-order valence-corrected chi connectivity index (χ4v) is 2.42. The van der Waals surface area contributed by atoms with Gasteiger partial charge < -0.3 is 5.73 Å². The highest BCUT2D eigenvalue weighted by Crippen LogP contribution is 2.22. The van der Waals surface area contributed by atoms with E-state index < -0.39 is 23.0 Å². The molecule has 1 aromatic rings. The molecule has 0 spiro atoms. The average molecular weight is 284 g/mol. The second-order valence-corrected chi connectivity index (χ2v) is 4.97. The molecule has 0 heterocycles. The molecule has 2 nitrogen and oxygen atoms in total. The lowest BCUT2D eigenvalue weighted by molar-refractivity contribution is 0.175. The Morgan fingerprint density at radius 1 is 1.50 bits per heavy atom. The first kappa shape index (κ1) is 11.6. The van der Waals surface area contributed by atoms with Gasteiger partial charge in [-0.05, 0) is 18.2 Å². The second kappa shape index (κ2) is 4.84. The van der Waals surface area contributed by atoms with Gasteiger partial charge in [-0.1, -0.05) is 15.9 Å². The Hall–Kier alpha value is -0.490. The zero-order valence-corrected chi connectivity index (χ0v) is 9.45. The highest BCUT2D eigenvalue weighted by molar-refractivity contribution is 9.10. The smallest absolute Gasteiger partial charge is 0.250 e. The third-order valence-electron chi connectivity index (χ3n) is 1.50. The Balaban J connectivity index is 2.94. The van der Waals surface area contributed by atoms with Crippen LogP contribution < -0.4 is 5.73 Å². The van der Waals surface area contributed by atoms with E-state index in [1.165, 1.54) is 12.1 Å². The summed E-state index contributed by atoms with van der Waals surface area (Å²) >= 11 is 3.15. The van der Waals surface area contributed by atoms with Gasteiger partial charge in [0.15, 0.2) is 0 Å². The van der Waals surface area contributed by atoms with E-state index in [1.807, 2.05) is 0 Å². The number of halogens is 3. The third-order valence-corrected chi connectivity index (χ3v) is 3.39. The summed E-state index contributed by atoms with van der Waals surface area (Å²) < 4.78 is 35.9. The molecule has 0 saturated carbocycles. The number of anilines is 1. The molecule has 1 atom stereocenters. The van der Waals surface area contributed by atoms with Gasteiger partial charge in [0, 0.05) is 10.2 Å². The zero-order chi connectivity index (χ0) is 10.7. The van der Waals surface area contributed by atoms with E-state index in [2.05, 4.69) is 15.9 Å². The number of hydrogen-bond acceptors (Lipinski definition) is 2. The van der Waals surface area contributed by atoms with Crippen LogP contribution in [0.2, 0.25) is 0 Å². The van der Waals surface area contributed by atoms with Crippen LogP contribution in [0.1, 0.15) is 0 Å². The Morgan fingerprint density at radius 3 is 2.71 bits per heavy atom.